The molecule has 1 heterocycles. The van der Waals surface area contributed by atoms with Gasteiger partial charge in [-0.2, -0.15) is 0 Å². The van der Waals surface area contributed by atoms with Gasteiger partial charge in [0.25, 0.3) is 0 Å². The molecular weight excluding hydrogens is 160 g/mol. The molecule has 2 atom stereocenters. The van der Waals surface area contributed by atoms with Crippen LogP contribution in [0.3, 0.4) is 0 Å². The first kappa shape index (κ1) is 9.47. The Bertz CT molecular complexity index is 161. The Morgan fingerprint density at radius 2 is 1.69 bits per heavy atom. The summed E-state index contributed by atoms with van der Waals surface area (Å²) < 4.78 is 0. The molecule has 76 valence electrons. The topological polar surface area (TPSA) is 6.48 Å². The predicted octanol–water partition coefficient (Wildman–Crippen LogP) is 1.42. The molecule has 1 saturated carbocycles. The molecule has 0 spiro atoms. The second-order valence-corrected chi connectivity index (χ2v) is 4.91. The van der Waals surface area contributed by atoms with E-state index in [1.54, 1.807) is 0 Å². The van der Waals surface area contributed by atoms with E-state index in [-0.39, 0.29) is 0 Å². The van der Waals surface area contributed by atoms with Crippen molar-refractivity contribution < 1.29 is 0 Å². The molecule has 2 fully saturated rings. The van der Waals surface area contributed by atoms with E-state index >= 15 is 0 Å². The molecule has 0 unspecified atom stereocenters. The molecule has 0 radical (unpaired) electrons. The molecule has 2 nitrogen and oxygen atoms in total. The van der Waals surface area contributed by atoms with Crippen LogP contribution in [0.2, 0.25) is 0 Å². The van der Waals surface area contributed by atoms with Gasteiger partial charge in [0.2, 0.25) is 0 Å². The number of piperazine rings is 1. The minimum Gasteiger partial charge on any atom is -0.304 e. The first-order valence-electron chi connectivity index (χ1n) is 5.68. The van der Waals surface area contributed by atoms with Crippen LogP contribution in [0.5, 0.6) is 0 Å². The van der Waals surface area contributed by atoms with Gasteiger partial charge in [0.05, 0.1) is 0 Å². The lowest BCUT2D eigenvalue weighted by atomic mass is 10.1. The molecule has 1 aliphatic carbocycles. The molecule has 2 rings (SSSR count). The maximum Gasteiger partial charge on any atom is 0.0113 e. The number of likely N-dealkylation sites (N-methyl/N-ethyl adjacent to an activating group) is 1. The van der Waals surface area contributed by atoms with E-state index in [1.807, 2.05) is 0 Å². The zero-order valence-electron chi connectivity index (χ0n) is 9.00. The van der Waals surface area contributed by atoms with Crippen LogP contribution in [0, 0.1) is 5.92 Å². The number of hydrogen-bond acceptors (Lipinski definition) is 2. The van der Waals surface area contributed by atoms with E-state index in [2.05, 4.69) is 23.8 Å². The Morgan fingerprint density at radius 1 is 1.00 bits per heavy atom. The molecular formula is C11H22N2. The largest absolute Gasteiger partial charge is 0.304 e. The van der Waals surface area contributed by atoms with Gasteiger partial charge < -0.3 is 4.90 Å². The van der Waals surface area contributed by atoms with E-state index in [4.69, 9.17) is 0 Å². The van der Waals surface area contributed by atoms with Gasteiger partial charge in [0.1, 0.15) is 0 Å². The van der Waals surface area contributed by atoms with Gasteiger partial charge in [0, 0.05) is 32.2 Å². The van der Waals surface area contributed by atoms with Crippen molar-refractivity contribution in [1.82, 2.24) is 9.80 Å². The van der Waals surface area contributed by atoms with E-state index in [0.717, 1.165) is 12.0 Å². The van der Waals surface area contributed by atoms with Gasteiger partial charge in [-0.1, -0.05) is 6.92 Å². The summed E-state index contributed by atoms with van der Waals surface area (Å²) in [6.45, 7) is 7.54. The fourth-order valence-corrected chi connectivity index (χ4v) is 2.70. The van der Waals surface area contributed by atoms with Gasteiger partial charge >= 0.3 is 0 Å². The predicted molar refractivity (Wildman–Crippen MR) is 55.9 cm³/mol. The zero-order chi connectivity index (χ0) is 9.26. The minimum absolute atomic E-state index is 0.920. The fraction of sp³-hybridized carbons (Fsp3) is 1.00. The molecule has 2 aliphatic rings. The Balaban J connectivity index is 1.81. The molecule has 2 heteroatoms. The summed E-state index contributed by atoms with van der Waals surface area (Å²) >= 11 is 0. The summed E-state index contributed by atoms with van der Waals surface area (Å²) in [7, 11) is 2.23. The Kier molecular flexibility index (Phi) is 2.89. The average Bonchev–Trinajstić information content (AvgIpc) is 2.53. The normalized spacial score (nSPS) is 38.3. The summed E-state index contributed by atoms with van der Waals surface area (Å²) in [5.41, 5.74) is 0. The quantitative estimate of drug-likeness (QED) is 0.605. The minimum atomic E-state index is 0.920. The highest BCUT2D eigenvalue weighted by Gasteiger charge is 2.28. The summed E-state index contributed by atoms with van der Waals surface area (Å²) in [4.78, 5) is 5.15. The second-order valence-electron chi connectivity index (χ2n) is 4.91. The molecule has 0 bridgehead atoms. The molecule has 0 N–H and O–H groups in total. The fourth-order valence-electron chi connectivity index (χ4n) is 2.70. The third-order valence-corrected chi connectivity index (χ3v) is 3.72. The van der Waals surface area contributed by atoms with Crippen molar-refractivity contribution in [3.05, 3.63) is 0 Å². The summed E-state index contributed by atoms with van der Waals surface area (Å²) in [6, 6.07) is 0.920. The molecule has 0 aromatic carbocycles. The van der Waals surface area contributed by atoms with Gasteiger partial charge in [-0.3, -0.25) is 4.90 Å². The van der Waals surface area contributed by atoms with Crippen LogP contribution in [-0.2, 0) is 0 Å². The molecule has 0 aromatic rings. The van der Waals surface area contributed by atoms with Crippen molar-refractivity contribution in [2.45, 2.75) is 32.2 Å². The van der Waals surface area contributed by atoms with Crippen LogP contribution >= 0.6 is 0 Å². The lowest BCUT2D eigenvalue weighted by Gasteiger charge is -2.36. The molecule has 1 aliphatic heterocycles. The molecule has 13 heavy (non-hydrogen) atoms. The van der Waals surface area contributed by atoms with E-state index in [1.165, 1.54) is 45.4 Å². The van der Waals surface area contributed by atoms with Gasteiger partial charge in [-0.15, -0.1) is 0 Å². The maximum absolute atomic E-state index is 2.71. The third kappa shape index (κ3) is 2.23. The molecule has 0 aromatic heterocycles. The third-order valence-electron chi connectivity index (χ3n) is 3.72. The first-order valence-corrected chi connectivity index (χ1v) is 5.68. The highest BCUT2D eigenvalue weighted by Crippen LogP contribution is 2.29. The van der Waals surface area contributed by atoms with Crippen LogP contribution in [0.25, 0.3) is 0 Å². The van der Waals surface area contributed by atoms with E-state index in [9.17, 15) is 0 Å². The van der Waals surface area contributed by atoms with Crippen LogP contribution < -0.4 is 0 Å². The van der Waals surface area contributed by atoms with Crippen molar-refractivity contribution in [2.24, 2.45) is 5.92 Å². The van der Waals surface area contributed by atoms with E-state index < -0.39 is 0 Å². The second kappa shape index (κ2) is 3.97. The summed E-state index contributed by atoms with van der Waals surface area (Å²) in [5, 5.41) is 0. The number of rotatable bonds is 1. The smallest absolute Gasteiger partial charge is 0.0113 e. The van der Waals surface area contributed by atoms with Crippen LogP contribution in [0.4, 0.5) is 0 Å². The van der Waals surface area contributed by atoms with Crippen LogP contribution in [0.1, 0.15) is 26.2 Å². The molecule has 1 saturated heterocycles. The van der Waals surface area contributed by atoms with Gasteiger partial charge in [-0.25, -0.2) is 0 Å². The van der Waals surface area contributed by atoms with Crippen molar-refractivity contribution in [2.75, 3.05) is 33.2 Å². The monoisotopic (exact) mass is 182 g/mol. The summed E-state index contributed by atoms with van der Waals surface area (Å²) in [6.07, 6.45) is 4.35. The van der Waals surface area contributed by atoms with Crippen molar-refractivity contribution in [1.29, 1.82) is 0 Å². The van der Waals surface area contributed by atoms with Crippen molar-refractivity contribution in [3.8, 4) is 0 Å². The Morgan fingerprint density at radius 3 is 2.23 bits per heavy atom. The standard InChI is InChI=1S/C11H22N2/c1-10-3-4-11(9-10)13-7-5-12(2)6-8-13/h10-11H,3-9H2,1-2H3/t10-,11+/m0/s1. The van der Waals surface area contributed by atoms with Gasteiger partial charge in [0.15, 0.2) is 0 Å². The lowest BCUT2D eigenvalue weighted by molar-refractivity contribution is 0.112. The Hall–Kier alpha value is -0.0800. The van der Waals surface area contributed by atoms with Crippen LogP contribution in [0.15, 0.2) is 0 Å². The highest BCUT2D eigenvalue weighted by atomic mass is 15.3. The van der Waals surface area contributed by atoms with Crippen LogP contribution in [-0.4, -0.2) is 49.1 Å². The lowest BCUT2D eigenvalue weighted by Crippen LogP contribution is -2.48. The zero-order valence-corrected chi connectivity index (χ0v) is 9.00. The van der Waals surface area contributed by atoms with Crippen molar-refractivity contribution in [3.63, 3.8) is 0 Å². The number of nitrogens with zero attached hydrogens (tertiary/aromatic N) is 2. The maximum atomic E-state index is 2.71. The van der Waals surface area contributed by atoms with Gasteiger partial charge in [-0.05, 0) is 32.2 Å². The SMILES string of the molecule is C[C@H]1CC[C@@H](N2CCN(C)CC2)C1. The average molecular weight is 182 g/mol. The summed E-state index contributed by atoms with van der Waals surface area (Å²) in [5.74, 6) is 0.977. The van der Waals surface area contributed by atoms with E-state index in [0.29, 0.717) is 0 Å². The Labute approximate surface area is 81.9 Å². The highest BCUT2D eigenvalue weighted by molar-refractivity contribution is 4.83. The first-order chi connectivity index (χ1) is 6.25. The molecule has 0 amide bonds. The van der Waals surface area contributed by atoms with Crippen molar-refractivity contribution >= 4 is 0 Å². The number of hydrogen-bond donors (Lipinski definition) is 0.